The highest BCUT2D eigenvalue weighted by Crippen LogP contribution is 2.26. The molecule has 0 spiro atoms. The second kappa shape index (κ2) is 7.83. The summed E-state index contributed by atoms with van der Waals surface area (Å²) in [6, 6.07) is 11.6. The van der Waals surface area contributed by atoms with Crippen molar-refractivity contribution in [3.05, 3.63) is 52.7 Å². The number of ether oxygens (including phenoxy) is 1. The maximum Gasteiger partial charge on any atom is 0.126 e. The minimum absolute atomic E-state index is 0.582. The Bertz CT molecular complexity index is 688. The molecule has 1 aliphatic rings. The SMILES string of the molecule is CC(O)c1cccc(NCc2cc(Cl)ccc2N2CCOCC2)n1. The molecule has 3 rings (SSSR count). The van der Waals surface area contributed by atoms with Gasteiger partial charge in [0, 0.05) is 30.3 Å². The average Bonchev–Trinajstić information content (AvgIpc) is 2.61. The largest absolute Gasteiger partial charge is 0.387 e. The lowest BCUT2D eigenvalue weighted by molar-refractivity contribution is 0.122. The maximum atomic E-state index is 9.66. The second-order valence-electron chi connectivity index (χ2n) is 5.85. The van der Waals surface area contributed by atoms with Gasteiger partial charge in [-0.05, 0) is 42.8 Å². The van der Waals surface area contributed by atoms with Crippen LogP contribution in [-0.4, -0.2) is 36.4 Å². The molecule has 1 unspecified atom stereocenters. The molecular formula is C18H22ClN3O2. The third-order valence-electron chi connectivity index (χ3n) is 4.05. The smallest absolute Gasteiger partial charge is 0.126 e. The highest BCUT2D eigenvalue weighted by molar-refractivity contribution is 6.30. The Morgan fingerprint density at radius 2 is 2.08 bits per heavy atom. The van der Waals surface area contributed by atoms with Crippen LogP contribution in [0.4, 0.5) is 11.5 Å². The van der Waals surface area contributed by atoms with Gasteiger partial charge in [-0.2, -0.15) is 0 Å². The number of anilines is 2. The van der Waals surface area contributed by atoms with Crippen LogP contribution in [0, 0.1) is 0 Å². The lowest BCUT2D eigenvalue weighted by Crippen LogP contribution is -2.36. The normalized spacial score (nSPS) is 16.0. The van der Waals surface area contributed by atoms with Crippen LogP contribution in [0.3, 0.4) is 0 Å². The van der Waals surface area contributed by atoms with Gasteiger partial charge in [-0.1, -0.05) is 17.7 Å². The summed E-state index contributed by atoms with van der Waals surface area (Å²) in [6.45, 7) is 5.57. The molecule has 24 heavy (non-hydrogen) atoms. The quantitative estimate of drug-likeness (QED) is 0.869. The zero-order chi connectivity index (χ0) is 16.9. The fourth-order valence-corrected chi connectivity index (χ4v) is 2.97. The monoisotopic (exact) mass is 347 g/mol. The van der Waals surface area contributed by atoms with Crippen molar-refractivity contribution in [1.82, 2.24) is 4.98 Å². The number of rotatable bonds is 5. The van der Waals surface area contributed by atoms with Crippen molar-refractivity contribution in [3.8, 4) is 0 Å². The minimum atomic E-state index is -0.582. The molecule has 1 aromatic heterocycles. The van der Waals surface area contributed by atoms with Crippen molar-refractivity contribution in [2.45, 2.75) is 19.6 Å². The summed E-state index contributed by atoms with van der Waals surface area (Å²) in [4.78, 5) is 6.74. The van der Waals surface area contributed by atoms with Gasteiger partial charge in [-0.25, -0.2) is 4.98 Å². The van der Waals surface area contributed by atoms with Crippen molar-refractivity contribution < 1.29 is 9.84 Å². The van der Waals surface area contributed by atoms with E-state index >= 15 is 0 Å². The number of benzene rings is 1. The summed E-state index contributed by atoms with van der Waals surface area (Å²) >= 11 is 6.18. The summed E-state index contributed by atoms with van der Waals surface area (Å²) in [7, 11) is 0. The van der Waals surface area contributed by atoms with Crippen LogP contribution in [0.15, 0.2) is 36.4 Å². The van der Waals surface area contributed by atoms with Gasteiger partial charge >= 0.3 is 0 Å². The van der Waals surface area contributed by atoms with E-state index in [1.54, 1.807) is 6.92 Å². The first-order chi connectivity index (χ1) is 11.6. The van der Waals surface area contributed by atoms with Gasteiger partial charge < -0.3 is 20.1 Å². The van der Waals surface area contributed by atoms with Gasteiger partial charge in [0.05, 0.1) is 25.0 Å². The van der Waals surface area contributed by atoms with E-state index in [0.29, 0.717) is 12.2 Å². The molecule has 0 saturated carbocycles. The molecule has 0 bridgehead atoms. The lowest BCUT2D eigenvalue weighted by Gasteiger charge is -2.30. The van der Waals surface area contributed by atoms with Crippen molar-refractivity contribution in [3.63, 3.8) is 0 Å². The number of hydrogen-bond donors (Lipinski definition) is 2. The number of aromatic nitrogens is 1. The molecule has 128 valence electrons. The van der Waals surface area contributed by atoms with Crippen LogP contribution >= 0.6 is 11.6 Å². The van der Waals surface area contributed by atoms with Crippen LogP contribution in [0.1, 0.15) is 24.3 Å². The summed E-state index contributed by atoms with van der Waals surface area (Å²) < 4.78 is 5.43. The van der Waals surface area contributed by atoms with Gasteiger partial charge in [-0.15, -0.1) is 0 Å². The Hall–Kier alpha value is -1.82. The predicted octanol–water partition coefficient (Wildman–Crippen LogP) is 3.24. The number of hydrogen-bond acceptors (Lipinski definition) is 5. The zero-order valence-electron chi connectivity index (χ0n) is 13.7. The van der Waals surface area contributed by atoms with E-state index in [0.717, 1.165) is 42.7 Å². The molecule has 5 nitrogen and oxygen atoms in total. The van der Waals surface area contributed by atoms with Crippen LogP contribution in [0.5, 0.6) is 0 Å². The summed E-state index contributed by atoms with van der Waals surface area (Å²) in [5.41, 5.74) is 2.94. The Morgan fingerprint density at radius 1 is 1.29 bits per heavy atom. The van der Waals surface area contributed by atoms with Crippen LogP contribution < -0.4 is 10.2 Å². The lowest BCUT2D eigenvalue weighted by atomic mass is 10.1. The van der Waals surface area contributed by atoms with Crippen molar-refractivity contribution >= 4 is 23.1 Å². The number of pyridine rings is 1. The standard InChI is InChI=1S/C18H22ClN3O2/c1-13(23)16-3-2-4-18(21-16)20-12-14-11-15(19)5-6-17(14)22-7-9-24-10-8-22/h2-6,11,13,23H,7-10,12H2,1H3,(H,20,21). The number of halogens is 1. The Labute approximate surface area is 147 Å². The molecule has 2 heterocycles. The number of morpholine rings is 1. The summed E-state index contributed by atoms with van der Waals surface area (Å²) in [6.07, 6.45) is -0.582. The number of nitrogens with zero attached hydrogens (tertiary/aromatic N) is 2. The Kier molecular flexibility index (Phi) is 5.56. The molecule has 1 atom stereocenters. The highest BCUT2D eigenvalue weighted by Gasteiger charge is 2.15. The zero-order valence-corrected chi connectivity index (χ0v) is 14.5. The Balaban J connectivity index is 1.76. The number of aliphatic hydroxyl groups excluding tert-OH is 1. The first kappa shape index (κ1) is 17.0. The van der Waals surface area contributed by atoms with E-state index in [1.165, 1.54) is 5.69 Å². The fraction of sp³-hybridized carbons (Fsp3) is 0.389. The van der Waals surface area contributed by atoms with Crippen LogP contribution in [-0.2, 0) is 11.3 Å². The van der Waals surface area contributed by atoms with Gasteiger partial charge in [0.1, 0.15) is 5.82 Å². The topological polar surface area (TPSA) is 57.6 Å². The van der Waals surface area contributed by atoms with E-state index < -0.39 is 6.10 Å². The molecule has 2 aromatic rings. The number of nitrogens with one attached hydrogen (secondary N) is 1. The first-order valence-corrected chi connectivity index (χ1v) is 8.51. The third kappa shape index (κ3) is 4.17. The minimum Gasteiger partial charge on any atom is -0.387 e. The summed E-state index contributed by atoms with van der Waals surface area (Å²) in [5, 5.41) is 13.7. The van der Waals surface area contributed by atoms with E-state index in [2.05, 4.69) is 21.3 Å². The van der Waals surface area contributed by atoms with Crippen LogP contribution in [0.2, 0.25) is 5.02 Å². The molecule has 1 saturated heterocycles. The van der Waals surface area contributed by atoms with Crippen LogP contribution in [0.25, 0.3) is 0 Å². The highest BCUT2D eigenvalue weighted by atomic mass is 35.5. The first-order valence-electron chi connectivity index (χ1n) is 8.13. The Morgan fingerprint density at radius 3 is 2.83 bits per heavy atom. The molecule has 0 aliphatic carbocycles. The molecule has 0 amide bonds. The molecule has 1 aromatic carbocycles. The van der Waals surface area contributed by atoms with E-state index in [9.17, 15) is 5.11 Å². The molecule has 2 N–H and O–H groups in total. The van der Waals surface area contributed by atoms with Crippen molar-refractivity contribution in [1.29, 1.82) is 0 Å². The molecular weight excluding hydrogens is 326 g/mol. The fourth-order valence-electron chi connectivity index (χ4n) is 2.78. The molecule has 0 radical (unpaired) electrons. The number of aliphatic hydroxyl groups is 1. The van der Waals surface area contributed by atoms with E-state index in [4.69, 9.17) is 16.3 Å². The molecule has 1 fully saturated rings. The van der Waals surface area contributed by atoms with E-state index in [-0.39, 0.29) is 0 Å². The van der Waals surface area contributed by atoms with Gasteiger partial charge in [0.25, 0.3) is 0 Å². The van der Waals surface area contributed by atoms with Crippen molar-refractivity contribution in [2.24, 2.45) is 0 Å². The predicted molar refractivity (Wildman–Crippen MR) is 96.7 cm³/mol. The second-order valence-corrected chi connectivity index (χ2v) is 6.29. The summed E-state index contributed by atoms with van der Waals surface area (Å²) in [5.74, 6) is 0.737. The van der Waals surface area contributed by atoms with Gasteiger partial charge in [0.2, 0.25) is 0 Å². The molecule has 6 heteroatoms. The van der Waals surface area contributed by atoms with Gasteiger partial charge in [0.15, 0.2) is 0 Å². The third-order valence-corrected chi connectivity index (χ3v) is 4.29. The molecule has 1 aliphatic heterocycles. The van der Waals surface area contributed by atoms with Gasteiger partial charge in [-0.3, -0.25) is 0 Å². The average molecular weight is 348 g/mol. The van der Waals surface area contributed by atoms with Crippen molar-refractivity contribution in [2.75, 3.05) is 36.5 Å². The van der Waals surface area contributed by atoms with E-state index in [1.807, 2.05) is 30.3 Å². The maximum absolute atomic E-state index is 9.66.